The molecule has 0 radical (unpaired) electrons. The van der Waals surface area contributed by atoms with Crippen molar-refractivity contribution in [3.8, 4) is 0 Å². The van der Waals surface area contributed by atoms with E-state index in [0.29, 0.717) is 18.7 Å². The number of likely N-dealkylation sites (tertiary alicyclic amines) is 1. The molecule has 3 N–H and O–H groups in total. The summed E-state index contributed by atoms with van der Waals surface area (Å²) in [5, 5.41) is 8.96. The fraction of sp³-hybridized carbons (Fsp3) is 0.818. The molecule has 0 aromatic heterocycles. The van der Waals surface area contributed by atoms with Gasteiger partial charge >= 0.3 is 5.97 Å². The van der Waals surface area contributed by atoms with E-state index in [1.54, 1.807) is 16.7 Å². The van der Waals surface area contributed by atoms with Crippen molar-refractivity contribution in [2.24, 2.45) is 5.73 Å². The number of rotatable bonds is 3. The van der Waals surface area contributed by atoms with E-state index < -0.39 is 11.5 Å². The standard InChI is InChI=1S/C11H20N2O3S/c1-10(2,3)17-6-8(14)13-5-4-11(12,7-13)9(15)16/h4-7,12H2,1-3H3,(H,15,16). The van der Waals surface area contributed by atoms with E-state index in [4.69, 9.17) is 10.8 Å². The number of nitrogens with two attached hydrogens (primary N) is 1. The summed E-state index contributed by atoms with van der Waals surface area (Å²) in [6, 6.07) is 0. The van der Waals surface area contributed by atoms with Crippen molar-refractivity contribution < 1.29 is 14.7 Å². The van der Waals surface area contributed by atoms with Crippen LogP contribution < -0.4 is 5.73 Å². The van der Waals surface area contributed by atoms with Crippen LogP contribution in [0.1, 0.15) is 27.2 Å². The van der Waals surface area contributed by atoms with Gasteiger partial charge in [0, 0.05) is 17.8 Å². The fourth-order valence-electron chi connectivity index (χ4n) is 1.59. The summed E-state index contributed by atoms with van der Waals surface area (Å²) in [4.78, 5) is 24.3. The number of carboxylic acid groups (broad SMARTS) is 1. The van der Waals surface area contributed by atoms with Crippen LogP contribution in [0, 0.1) is 0 Å². The van der Waals surface area contributed by atoms with Crippen LogP contribution in [0.5, 0.6) is 0 Å². The molecule has 1 saturated heterocycles. The van der Waals surface area contributed by atoms with Crippen LogP contribution in [0.2, 0.25) is 0 Å². The lowest BCUT2D eigenvalue weighted by Crippen LogP contribution is -2.50. The average Bonchev–Trinajstić information content (AvgIpc) is 2.58. The van der Waals surface area contributed by atoms with Gasteiger partial charge in [0.15, 0.2) is 0 Å². The second-order valence-corrected chi connectivity index (χ2v) is 7.23. The van der Waals surface area contributed by atoms with Crippen molar-refractivity contribution in [1.29, 1.82) is 0 Å². The van der Waals surface area contributed by atoms with E-state index in [1.165, 1.54) is 0 Å². The Kier molecular flexibility index (Phi) is 4.09. The number of carbonyl (C=O) groups excluding carboxylic acids is 1. The molecule has 1 aliphatic rings. The van der Waals surface area contributed by atoms with Gasteiger partial charge in [0.2, 0.25) is 5.91 Å². The molecule has 1 amide bonds. The first-order valence-corrected chi connectivity index (χ1v) is 6.57. The van der Waals surface area contributed by atoms with Crippen LogP contribution in [-0.2, 0) is 9.59 Å². The van der Waals surface area contributed by atoms with E-state index in [-0.39, 0.29) is 17.2 Å². The van der Waals surface area contributed by atoms with Gasteiger partial charge in [-0.05, 0) is 6.42 Å². The van der Waals surface area contributed by atoms with Crippen molar-refractivity contribution in [1.82, 2.24) is 4.90 Å². The fourth-order valence-corrected chi connectivity index (χ4v) is 2.33. The molecule has 0 bridgehead atoms. The molecule has 0 aromatic carbocycles. The summed E-state index contributed by atoms with van der Waals surface area (Å²) >= 11 is 1.56. The van der Waals surface area contributed by atoms with Crippen LogP contribution >= 0.6 is 11.8 Å². The number of amides is 1. The molecular formula is C11H20N2O3S. The molecule has 1 fully saturated rings. The average molecular weight is 260 g/mol. The summed E-state index contributed by atoms with van der Waals surface area (Å²) in [5.41, 5.74) is 4.45. The molecule has 0 spiro atoms. The van der Waals surface area contributed by atoms with Crippen molar-refractivity contribution in [3.05, 3.63) is 0 Å². The molecule has 1 aliphatic heterocycles. The Bertz CT molecular complexity index is 327. The first-order valence-electron chi connectivity index (χ1n) is 5.58. The second kappa shape index (κ2) is 4.86. The quantitative estimate of drug-likeness (QED) is 0.773. The number of nitrogens with zero attached hydrogens (tertiary/aromatic N) is 1. The van der Waals surface area contributed by atoms with E-state index >= 15 is 0 Å². The molecule has 17 heavy (non-hydrogen) atoms. The largest absolute Gasteiger partial charge is 0.480 e. The van der Waals surface area contributed by atoms with Crippen molar-refractivity contribution in [2.75, 3.05) is 18.8 Å². The first kappa shape index (κ1) is 14.3. The molecule has 1 heterocycles. The Labute approximate surface area is 106 Å². The molecule has 98 valence electrons. The van der Waals surface area contributed by atoms with Gasteiger partial charge in [0.1, 0.15) is 5.54 Å². The second-order valence-electron chi connectivity index (χ2n) is 5.43. The van der Waals surface area contributed by atoms with Crippen molar-refractivity contribution >= 4 is 23.6 Å². The zero-order valence-electron chi connectivity index (χ0n) is 10.5. The number of thioether (sulfide) groups is 1. The topological polar surface area (TPSA) is 83.6 Å². The highest BCUT2D eigenvalue weighted by molar-refractivity contribution is 8.01. The molecule has 0 saturated carbocycles. The van der Waals surface area contributed by atoms with Crippen molar-refractivity contribution in [3.63, 3.8) is 0 Å². The third-order valence-electron chi connectivity index (χ3n) is 2.71. The minimum atomic E-state index is -1.26. The van der Waals surface area contributed by atoms with Crippen LogP contribution in [0.25, 0.3) is 0 Å². The molecule has 6 heteroatoms. The maximum absolute atomic E-state index is 11.9. The van der Waals surface area contributed by atoms with E-state index in [9.17, 15) is 9.59 Å². The van der Waals surface area contributed by atoms with Crippen LogP contribution in [-0.4, -0.2) is 51.0 Å². The number of hydrogen-bond donors (Lipinski definition) is 2. The third kappa shape index (κ3) is 3.89. The van der Waals surface area contributed by atoms with Gasteiger partial charge in [-0.2, -0.15) is 0 Å². The molecule has 1 atom stereocenters. The number of carbonyl (C=O) groups is 2. The molecule has 5 nitrogen and oxygen atoms in total. The van der Waals surface area contributed by atoms with Gasteiger partial charge in [-0.25, -0.2) is 0 Å². The Morgan fingerprint density at radius 1 is 1.47 bits per heavy atom. The highest BCUT2D eigenvalue weighted by atomic mass is 32.2. The molecular weight excluding hydrogens is 240 g/mol. The maximum atomic E-state index is 11.9. The summed E-state index contributed by atoms with van der Waals surface area (Å²) in [6.07, 6.45) is 0.328. The SMILES string of the molecule is CC(C)(C)SCC(=O)N1CCC(N)(C(=O)O)C1. The van der Waals surface area contributed by atoms with E-state index in [2.05, 4.69) is 0 Å². The summed E-state index contributed by atoms with van der Waals surface area (Å²) in [6.45, 7) is 6.68. The van der Waals surface area contributed by atoms with Crippen molar-refractivity contribution in [2.45, 2.75) is 37.5 Å². The highest BCUT2D eigenvalue weighted by Crippen LogP contribution is 2.25. The molecule has 1 unspecified atom stereocenters. The number of aliphatic carboxylic acids is 1. The monoisotopic (exact) mass is 260 g/mol. The summed E-state index contributed by atoms with van der Waals surface area (Å²) < 4.78 is 0.0297. The predicted octanol–water partition coefficient (Wildman–Crippen LogP) is 0.532. The first-order chi connectivity index (χ1) is 7.64. The van der Waals surface area contributed by atoms with Gasteiger partial charge in [-0.3, -0.25) is 9.59 Å². The lowest BCUT2D eigenvalue weighted by Gasteiger charge is -2.22. The van der Waals surface area contributed by atoms with Gasteiger partial charge in [0.25, 0.3) is 0 Å². The van der Waals surface area contributed by atoms with E-state index in [0.717, 1.165) is 0 Å². The smallest absolute Gasteiger partial charge is 0.325 e. The Balaban J connectivity index is 2.49. The lowest BCUT2D eigenvalue weighted by molar-refractivity contribution is -0.143. The van der Waals surface area contributed by atoms with Gasteiger partial charge in [-0.15, -0.1) is 11.8 Å². The normalized spacial score (nSPS) is 25.1. The van der Waals surface area contributed by atoms with Crippen LogP contribution in [0.15, 0.2) is 0 Å². The van der Waals surface area contributed by atoms with Gasteiger partial charge in [-0.1, -0.05) is 20.8 Å². The van der Waals surface area contributed by atoms with E-state index in [1.807, 2.05) is 20.8 Å². The minimum absolute atomic E-state index is 0.0292. The number of carboxylic acids is 1. The summed E-state index contributed by atoms with van der Waals surface area (Å²) in [5.74, 6) is -0.686. The zero-order valence-corrected chi connectivity index (χ0v) is 11.3. The number of hydrogen-bond acceptors (Lipinski definition) is 4. The van der Waals surface area contributed by atoms with Gasteiger partial charge < -0.3 is 15.7 Å². The minimum Gasteiger partial charge on any atom is -0.480 e. The third-order valence-corrected chi connectivity index (χ3v) is 3.97. The molecule has 1 rings (SSSR count). The molecule has 0 aromatic rings. The lowest BCUT2D eigenvalue weighted by atomic mass is 10.0. The van der Waals surface area contributed by atoms with Crippen LogP contribution in [0.4, 0.5) is 0 Å². The zero-order chi connectivity index (χ0) is 13.3. The Hall–Kier alpha value is -0.750. The Morgan fingerprint density at radius 3 is 2.47 bits per heavy atom. The van der Waals surface area contributed by atoms with Gasteiger partial charge in [0.05, 0.1) is 5.75 Å². The summed E-state index contributed by atoms with van der Waals surface area (Å²) in [7, 11) is 0. The van der Waals surface area contributed by atoms with Crippen LogP contribution in [0.3, 0.4) is 0 Å². The predicted molar refractivity (Wildman–Crippen MR) is 68.0 cm³/mol. The highest BCUT2D eigenvalue weighted by Gasteiger charge is 2.42. The maximum Gasteiger partial charge on any atom is 0.325 e. The Morgan fingerprint density at radius 2 is 2.06 bits per heavy atom. The molecule has 0 aliphatic carbocycles.